The van der Waals surface area contributed by atoms with Gasteiger partial charge >= 0.3 is 5.97 Å². The standard InChI is InChI=1S/C8H8ClNO3/c1-2-4-5(8(12)13)3-10-7(11)6(4)9/h3H,2H2,1H3,(H,10,11)(H,12,13). The monoisotopic (exact) mass is 201 g/mol. The lowest BCUT2D eigenvalue weighted by Crippen LogP contribution is -2.13. The molecule has 5 heteroatoms. The number of hydrogen-bond acceptors (Lipinski definition) is 2. The number of carbonyl (C=O) groups is 1. The molecule has 4 nitrogen and oxygen atoms in total. The van der Waals surface area contributed by atoms with Gasteiger partial charge in [-0.05, 0) is 12.0 Å². The summed E-state index contributed by atoms with van der Waals surface area (Å²) < 4.78 is 0. The predicted molar refractivity (Wildman–Crippen MR) is 48.4 cm³/mol. The van der Waals surface area contributed by atoms with E-state index in [9.17, 15) is 9.59 Å². The summed E-state index contributed by atoms with van der Waals surface area (Å²) in [5.41, 5.74) is -0.0338. The first-order valence-corrected chi connectivity index (χ1v) is 4.09. The van der Waals surface area contributed by atoms with Crippen LogP contribution in [0.4, 0.5) is 0 Å². The maximum atomic E-state index is 11.0. The first-order valence-electron chi connectivity index (χ1n) is 3.71. The molecule has 2 N–H and O–H groups in total. The fourth-order valence-electron chi connectivity index (χ4n) is 1.08. The lowest BCUT2D eigenvalue weighted by molar-refractivity contribution is 0.0695. The maximum Gasteiger partial charge on any atom is 0.337 e. The van der Waals surface area contributed by atoms with Crippen molar-refractivity contribution < 1.29 is 9.90 Å². The Labute approximate surface area is 79.2 Å². The molecule has 1 heterocycles. The molecular formula is C8H8ClNO3. The highest BCUT2D eigenvalue weighted by molar-refractivity contribution is 6.31. The van der Waals surface area contributed by atoms with E-state index in [0.29, 0.717) is 12.0 Å². The minimum Gasteiger partial charge on any atom is -0.478 e. The molecule has 1 aromatic heterocycles. The molecule has 0 unspecified atom stereocenters. The number of nitrogens with one attached hydrogen (secondary N) is 1. The van der Waals surface area contributed by atoms with Crippen LogP contribution in [-0.4, -0.2) is 16.1 Å². The summed E-state index contributed by atoms with van der Waals surface area (Å²) in [6.07, 6.45) is 1.58. The summed E-state index contributed by atoms with van der Waals surface area (Å²) >= 11 is 5.64. The molecule has 0 aliphatic rings. The van der Waals surface area contributed by atoms with Gasteiger partial charge in [0.25, 0.3) is 5.56 Å². The summed E-state index contributed by atoms with van der Waals surface area (Å²) in [6, 6.07) is 0. The fraction of sp³-hybridized carbons (Fsp3) is 0.250. The molecule has 0 saturated heterocycles. The molecule has 0 aliphatic heterocycles. The molecule has 1 aromatic rings. The van der Waals surface area contributed by atoms with E-state index in [1.165, 1.54) is 0 Å². The van der Waals surface area contributed by atoms with Crippen LogP contribution in [0.5, 0.6) is 0 Å². The number of H-pyrrole nitrogens is 1. The minimum absolute atomic E-state index is 0.0394. The van der Waals surface area contributed by atoms with Gasteiger partial charge in [0.2, 0.25) is 0 Å². The SMILES string of the molecule is CCc1c(C(=O)O)c[nH]c(=O)c1Cl. The predicted octanol–water partition coefficient (Wildman–Crippen LogP) is 1.29. The number of aromatic amines is 1. The Morgan fingerprint density at radius 2 is 2.31 bits per heavy atom. The Hall–Kier alpha value is -1.29. The second kappa shape index (κ2) is 3.62. The van der Waals surface area contributed by atoms with Gasteiger partial charge in [0.05, 0.1) is 5.56 Å². The van der Waals surface area contributed by atoms with Crippen LogP contribution in [0.2, 0.25) is 5.02 Å². The van der Waals surface area contributed by atoms with Crippen molar-refractivity contribution in [2.75, 3.05) is 0 Å². The lowest BCUT2D eigenvalue weighted by atomic mass is 10.1. The summed E-state index contributed by atoms with van der Waals surface area (Å²) in [5.74, 6) is -1.09. The molecule has 0 bridgehead atoms. The third-order valence-electron chi connectivity index (χ3n) is 1.72. The highest BCUT2D eigenvalue weighted by Gasteiger charge is 2.13. The van der Waals surface area contributed by atoms with Crippen LogP contribution in [-0.2, 0) is 6.42 Å². The van der Waals surface area contributed by atoms with Crippen molar-refractivity contribution in [3.05, 3.63) is 32.7 Å². The van der Waals surface area contributed by atoms with E-state index in [0.717, 1.165) is 6.20 Å². The van der Waals surface area contributed by atoms with Gasteiger partial charge in [-0.15, -0.1) is 0 Å². The zero-order valence-electron chi connectivity index (χ0n) is 6.93. The van der Waals surface area contributed by atoms with E-state index in [4.69, 9.17) is 16.7 Å². The normalized spacial score (nSPS) is 10.0. The number of aromatic carboxylic acids is 1. The highest BCUT2D eigenvalue weighted by Crippen LogP contribution is 2.15. The number of halogens is 1. The minimum atomic E-state index is -1.09. The van der Waals surface area contributed by atoms with Gasteiger partial charge < -0.3 is 10.1 Å². The summed E-state index contributed by atoms with van der Waals surface area (Å²) in [6.45, 7) is 1.74. The maximum absolute atomic E-state index is 11.0. The Balaban J connectivity index is 3.47. The van der Waals surface area contributed by atoms with Crippen molar-refractivity contribution >= 4 is 17.6 Å². The van der Waals surface area contributed by atoms with Gasteiger partial charge in [0, 0.05) is 6.20 Å². The number of rotatable bonds is 2. The first-order chi connectivity index (χ1) is 6.07. The Morgan fingerprint density at radius 1 is 1.69 bits per heavy atom. The van der Waals surface area contributed by atoms with E-state index in [2.05, 4.69) is 4.98 Å². The number of carboxylic acids is 1. The van der Waals surface area contributed by atoms with Crippen molar-refractivity contribution in [2.45, 2.75) is 13.3 Å². The van der Waals surface area contributed by atoms with Crippen LogP contribution < -0.4 is 5.56 Å². The molecular weight excluding hydrogens is 194 g/mol. The molecule has 0 aliphatic carbocycles. The van der Waals surface area contributed by atoms with Crippen LogP contribution >= 0.6 is 11.6 Å². The van der Waals surface area contributed by atoms with E-state index < -0.39 is 11.5 Å². The summed E-state index contributed by atoms with van der Waals surface area (Å²) in [5, 5.41) is 8.69. The van der Waals surface area contributed by atoms with Crippen LogP contribution in [0.15, 0.2) is 11.0 Å². The van der Waals surface area contributed by atoms with Gasteiger partial charge in [0.1, 0.15) is 5.02 Å². The number of pyridine rings is 1. The first kappa shape index (κ1) is 9.80. The van der Waals surface area contributed by atoms with Crippen molar-refractivity contribution in [3.8, 4) is 0 Å². The number of hydrogen-bond donors (Lipinski definition) is 2. The van der Waals surface area contributed by atoms with Crippen LogP contribution in [0.3, 0.4) is 0 Å². The van der Waals surface area contributed by atoms with E-state index in [1.807, 2.05) is 0 Å². The molecule has 70 valence electrons. The van der Waals surface area contributed by atoms with Crippen LogP contribution in [0.1, 0.15) is 22.8 Å². The quantitative estimate of drug-likeness (QED) is 0.758. The molecule has 0 atom stereocenters. The van der Waals surface area contributed by atoms with Crippen LogP contribution in [0.25, 0.3) is 0 Å². The molecule has 0 amide bonds. The van der Waals surface area contributed by atoms with Crippen molar-refractivity contribution in [1.29, 1.82) is 0 Å². The van der Waals surface area contributed by atoms with Gasteiger partial charge in [0.15, 0.2) is 0 Å². The Morgan fingerprint density at radius 3 is 2.77 bits per heavy atom. The molecule has 0 saturated carbocycles. The summed E-state index contributed by atoms with van der Waals surface area (Å²) in [7, 11) is 0. The topological polar surface area (TPSA) is 70.2 Å². The second-order valence-electron chi connectivity index (χ2n) is 2.48. The van der Waals surface area contributed by atoms with Gasteiger partial charge in [-0.2, -0.15) is 0 Å². The highest BCUT2D eigenvalue weighted by atomic mass is 35.5. The van der Waals surface area contributed by atoms with Crippen molar-refractivity contribution in [3.63, 3.8) is 0 Å². The average Bonchev–Trinajstić information content (AvgIpc) is 2.09. The molecule has 0 fully saturated rings. The van der Waals surface area contributed by atoms with E-state index in [1.54, 1.807) is 6.92 Å². The number of carboxylic acid groups (broad SMARTS) is 1. The third kappa shape index (κ3) is 1.72. The third-order valence-corrected chi connectivity index (χ3v) is 2.12. The average molecular weight is 202 g/mol. The van der Waals surface area contributed by atoms with E-state index >= 15 is 0 Å². The molecule has 0 radical (unpaired) electrons. The fourth-order valence-corrected chi connectivity index (χ4v) is 1.37. The summed E-state index contributed by atoms with van der Waals surface area (Å²) in [4.78, 5) is 23.9. The Bertz CT molecular complexity index is 397. The second-order valence-corrected chi connectivity index (χ2v) is 2.86. The molecule has 1 rings (SSSR count). The number of aromatic nitrogens is 1. The van der Waals surface area contributed by atoms with Gasteiger partial charge in [-0.3, -0.25) is 4.79 Å². The van der Waals surface area contributed by atoms with Crippen molar-refractivity contribution in [2.24, 2.45) is 0 Å². The smallest absolute Gasteiger partial charge is 0.337 e. The molecule has 13 heavy (non-hydrogen) atoms. The zero-order chi connectivity index (χ0) is 10.0. The van der Waals surface area contributed by atoms with E-state index in [-0.39, 0.29) is 10.6 Å². The van der Waals surface area contributed by atoms with Crippen molar-refractivity contribution in [1.82, 2.24) is 4.98 Å². The largest absolute Gasteiger partial charge is 0.478 e. The molecule has 0 aromatic carbocycles. The van der Waals surface area contributed by atoms with Crippen LogP contribution in [0, 0.1) is 0 Å². The Kier molecular flexibility index (Phi) is 2.72. The lowest BCUT2D eigenvalue weighted by Gasteiger charge is -2.03. The zero-order valence-corrected chi connectivity index (χ0v) is 7.68. The van der Waals surface area contributed by atoms with Gasteiger partial charge in [-0.1, -0.05) is 18.5 Å². The molecule has 0 spiro atoms. The van der Waals surface area contributed by atoms with Gasteiger partial charge in [-0.25, -0.2) is 4.79 Å².